The molecule has 0 saturated carbocycles. The van der Waals surface area contributed by atoms with Crippen molar-refractivity contribution >= 4 is 47.5 Å². The second kappa shape index (κ2) is 6.63. The molecule has 0 spiro atoms. The third kappa shape index (κ3) is 2.81. The zero-order chi connectivity index (χ0) is 17.6. The van der Waals surface area contributed by atoms with Gasteiger partial charge >= 0.3 is 172 Å². The summed E-state index contributed by atoms with van der Waals surface area (Å²) in [5.74, 6) is 0. The first-order chi connectivity index (χ1) is 11.3. The van der Waals surface area contributed by atoms with Gasteiger partial charge in [0.25, 0.3) is 0 Å². The number of benzene rings is 2. The summed E-state index contributed by atoms with van der Waals surface area (Å²) in [7, 11) is 0. The van der Waals surface area contributed by atoms with Crippen LogP contribution in [0.4, 0.5) is 11.4 Å². The second-order valence-corrected chi connectivity index (χ2v) is 8.79. The Balaban J connectivity index is 2.43. The Morgan fingerprint density at radius 3 is 1.46 bits per heavy atom. The van der Waals surface area contributed by atoms with E-state index in [0.717, 1.165) is 13.2 Å². The minimum absolute atomic E-state index is 0.554. The van der Waals surface area contributed by atoms with Gasteiger partial charge in [0.15, 0.2) is 0 Å². The topological polar surface area (TPSA) is 12.0 Å². The standard InChI is InChI=1S/C19H19Br2N2.Pd/c1-12-7-16(20)8-13(2)18(12)23(6-5-22-11-23)19-14(3)9-17(21)10-15(19)4;/h5-10,22H,1-4H3;/q+1;. The van der Waals surface area contributed by atoms with E-state index in [1.165, 1.54) is 33.6 Å². The molecule has 2 nitrogen and oxygen atoms in total. The van der Waals surface area contributed by atoms with E-state index in [2.05, 4.69) is 114 Å². The fourth-order valence-electron chi connectivity index (χ4n) is 3.74. The van der Waals surface area contributed by atoms with Gasteiger partial charge in [0.1, 0.15) is 0 Å². The van der Waals surface area contributed by atoms with Crippen LogP contribution in [0.15, 0.2) is 45.6 Å². The van der Waals surface area contributed by atoms with Crippen molar-refractivity contribution in [3.05, 3.63) is 67.9 Å². The van der Waals surface area contributed by atoms with Crippen LogP contribution >= 0.6 is 31.9 Å². The summed E-state index contributed by atoms with van der Waals surface area (Å²) in [4.78, 5) is 0. The predicted molar refractivity (Wildman–Crippen MR) is 106 cm³/mol. The van der Waals surface area contributed by atoms with Gasteiger partial charge in [-0.05, 0) is 0 Å². The molecule has 3 rings (SSSR count). The zero-order valence-electron chi connectivity index (χ0n) is 14.0. The number of hydrogen-bond acceptors (Lipinski definition) is 1. The first-order valence-corrected chi connectivity index (χ1v) is 10.0. The van der Waals surface area contributed by atoms with Gasteiger partial charge in [-0.15, -0.1) is 0 Å². The summed E-state index contributed by atoms with van der Waals surface area (Å²) in [5, 5.41) is 3.36. The maximum absolute atomic E-state index is 3.62. The number of aryl methyl sites for hydroxylation is 4. The van der Waals surface area contributed by atoms with Crippen LogP contribution in [0.3, 0.4) is 0 Å². The van der Waals surface area contributed by atoms with E-state index in [9.17, 15) is 0 Å². The third-order valence-electron chi connectivity index (χ3n) is 4.40. The van der Waals surface area contributed by atoms with Gasteiger partial charge in [0.2, 0.25) is 0 Å². The number of halogens is 2. The van der Waals surface area contributed by atoms with E-state index in [-0.39, 0.29) is 0 Å². The van der Waals surface area contributed by atoms with Crippen molar-refractivity contribution in [1.82, 2.24) is 9.80 Å². The summed E-state index contributed by atoms with van der Waals surface area (Å²) in [6, 6.07) is 8.73. The minimum atomic E-state index is 0.554. The average Bonchev–Trinajstić information content (AvgIpc) is 2.78. The number of nitrogens with one attached hydrogen (secondary N) is 1. The van der Waals surface area contributed by atoms with Gasteiger partial charge in [-0.25, -0.2) is 0 Å². The van der Waals surface area contributed by atoms with Gasteiger partial charge < -0.3 is 0 Å². The Bertz CT molecular complexity index is 783. The van der Waals surface area contributed by atoms with Crippen molar-refractivity contribution in [3.8, 4) is 0 Å². The van der Waals surface area contributed by atoms with Crippen molar-refractivity contribution in [3.63, 3.8) is 0 Å². The van der Waals surface area contributed by atoms with Crippen molar-refractivity contribution < 1.29 is 18.7 Å². The van der Waals surface area contributed by atoms with Crippen molar-refractivity contribution in [2.24, 2.45) is 0 Å². The third-order valence-corrected chi connectivity index (χ3v) is 6.09. The molecule has 0 saturated heterocycles. The van der Waals surface area contributed by atoms with E-state index in [1.54, 1.807) is 0 Å². The van der Waals surface area contributed by atoms with Crippen LogP contribution in [0.25, 0.3) is 0 Å². The van der Waals surface area contributed by atoms with Gasteiger partial charge in [-0.1, -0.05) is 0 Å². The molecule has 5 heteroatoms. The molecular formula is C19H19Br2N2Pd+. The number of nitrogens with zero attached hydrogens (tertiary/aromatic N) is 1. The van der Waals surface area contributed by atoms with Gasteiger partial charge in [0, 0.05) is 0 Å². The van der Waals surface area contributed by atoms with Crippen LogP contribution in [-0.2, 0) is 18.7 Å². The molecule has 0 fully saturated rings. The van der Waals surface area contributed by atoms with Crippen LogP contribution in [0, 0.1) is 27.7 Å². The van der Waals surface area contributed by atoms with E-state index in [1.807, 2.05) is 6.20 Å². The molecule has 0 radical (unpaired) electrons. The van der Waals surface area contributed by atoms with Gasteiger partial charge in [-0.2, -0.15) is 0 Å². The number of rotatable bonds is 2. The Morgan fingerprint density at radius 1 is 0.792 bits per heavy atom. The molecule has 0 aliphatic carbocycles. The molecule has 24 heavy (non-hydrogen) atoms. The van der Waals surface area contributed by atoms with Crippen LogP contribution in [0.2, 0.25) is 0 Å². The van der Waals surface area contributed by atoms with Crippen LogP contribution in [0.5, 0.6) is 0 Å². The summed E-state index contributed by atoms with van der Waals surface area (Å²) in [5.41, 5.74) is 7.55. The summed E-state index contributed by atoms with van der Waals surface area (Å²) in [6.07, 6.45) is 4.23. The molecule has 1 aliphatic heterocycles. The summed E-state index contributed by atoms with van der Waals surface area (Å²) >= 11 is 10.7. The number of hydrogen-bond donors (Lipinski definition) is 1. The SMILES string of the molecule is Cc1cc(Br)cc(C)c1[N+]1(c2c(C)cc(Br)cc2C)C=CN[C]1=[Pd]. The van der Waals surface area contributed by atoms with Gasteiger partial charge in [0.05, 0.1) is 0 Å². The molecule has 1 N–H and O–H groups in total. The first-order valence-electron chi connectivity index (χ1n) is 7.65. The van der Waals surface area contributed by atoms with E-state index >= 15 is 0 Å². The zero-order valence-corrected chi connectivity index (χ0v) is 18.7. The monoisotopic (exact) mass is 539 g/mol. The molecule has 2 aromatic carbocycles. The van der Waals surface area contributed by atoms with E-state index in [0.29, 0.717) is 4.48 Å². The van der Waals surface area contributed by atoms with Gasteiger partial charge in [-0.3, -0.25) is 0 Å². The molecule has 0 aromatic heterocycles. The molecule has 0 unspecified atom stereocenters. The fourth-order valence-corrected chi connectivity index (χ4v) is 5.70. The quantitative estimate of drug-likeness (QED) is 0.375. The second-order valence-electron chi connectivity index (χ2n) is 6.22. The number of quaternary nitrogens is 1. The Morgan fingerprint density at radius 2 is 1.17 bits per heavy atom. The Hall–Kier alpha value is -0.568. The van der Waals surface area contributed by atoms with Crippen LogP contribution < -0.4 is 9.80 Å². The summed E-state index contributed by atoms with van der Waals surface area (Å²) < 4.78 is 3.82. The van der Waals surface area contributed by atoms with Crippen LogP contribution in [-0.4, -0.2) is 4.23 Å². The predicted octanol–water partition coefficient (Wildman–Crippen LogP) is 5.79. The van der Waals surface area contributed by atoms with Crippen molar-refractivity contribution in [2.45, 2.75) is 27.7 Å². The Kier molecular flexibility index (Phi) is 5.03. The molecule has 0 atom stereocenters. The molecule has 1 aliphatic rings. The van der Waals surface area contributed by atoms with E-state index < -0.39 is 0 Å². The molecule has 2 aromatic rings. The van der Waals surface area contributed by atoms with Crippen molar-refractivity contribution in [1.29, 1.82) is 0 Å². The van der Waals surface area contributed by atoms with Crippen molar-refractivity contribution in [2.75, 3.05) is 0 Å². The molecule has 0 amide bonds. The molecular weight excluding hydrogens is 522 g/mol. The van der Waals surface area contributed by atoms with Crippen LogP contribution in [0.1, 0.15) is 22.3 Å². The fraction of sp³-hybridized carbons (Fsp3) is 0.211. The normalized spacial score (nSPS) is 15.8. The maximum atomic E-state index is 3.62. The molecule has 0 bridgehead atoms. The van der Waals surface area contributed by atoms with E-state index in [4.69, 9.17) is 0 Å². The average molecular weight is 542 g/mol. The summed E-state index contributed by atoms with van der Waals surface area (Å²) in [6.45, 7) is 8.70. The molecule has 128 valence electrons. The Labute approximate surface area is 170 Å². The molecule has 1 heterocycles. The first kappa shape index (κ1) is 18.2.